The van der Waals surface area contributed by atoms with Gasteiger partial charge >= 0.3 is 0 Å². The van der Waals surface area contributed by atoms with Crippen LogP contribution in [-0.2, 0) is 17.9 Å². The molecule has 1 N–H and O–H groups in total. The molecule has 2 aromatic heterocycles. The van der Waals surface area contributed by atoms with Crippen LogP contribution in [0.3, 0.4) is 0 Å². The number of hydrogen-bond donors (Lipinski definition) is 1. The van der Waals surface area contributed by atoms with Crippen LogP contribution in [0.4, 0.5) is 10.3 Å². The van der Waals surface area contributed by atoms with E-state index in [1.807, 2.05) is 13.1 Å². The molecule has 0 aliphatic carbocycles. The number of halogens is 2. The summed E-state index contributed by atoms with van der Waals surface area (Å²) >= 11 is 3.38. The molecule has 0 aliphatic heterocycles. The van der Waals surface area contributed by atoms with Gasteiger partial charge in [0.1, 0.15) is 12.1 Å². The van der Waals surface area contributed by atoms with Crippen LogP contribution in [0.15, 0.2) is 41.3 Å². The summed E-state index contributed by atoms with van der Waals surface area (Å²) in [5, 5.41) is 11.0. The molecular formula is C16H16BrFN6O. The van der Waals surface area contributed by atoms with Gasteiger partial charge in [0.25, 0.3) is 0 Å². The Labute approximate surface area is 152 Å². The smallest absolute Gasteiger partial charge is 0.248 e. The van der Waals surface area contributed by atoms with Gasteiger partial charge in [0, 0.05) is 24.7 Å². The SMILES string of the molecule is Cc1nn(CCC(=O)Nc2ncn(Cc3ccccc3F)n2)cc1Br. The van der Waals surface area contributed by atoms with Gasteiger partial charge in [0.2, 0.25) is 11.9 Å². The zero-order valence-electron chi connectivity index (χ0n) is 13.5. The van der Waals surface area contributed by atoms with Crippen LogP contribution < -0.4 is 5.32 Å². The molecule has 7 nitrogen and oxygen atoms in total. The summed E-state index contributed by atoms with van der Waals surface area (Å²) in [6, 6.07) is 6.46. The van der Waals surface area contributed by atoms with Crippen molar-refractivity contribution in [2.24, 2.45) is 0 Å². The van der Waals surface area contributed by atoms with Crippen molar-refractivity contribution in [2.45, 2.75) is 26.4 Å². The fourth-order valence-corrected chi connectivity index (χ4v) is 2.56. The predicted octanol–water partition coefficient (Wildman–Crippen LogP) is 2.76. The van der Waals surface area contributed by atoms with Crippen LogP contribution in [0.1, 0.15) is 17.7 Å². The third kappa shape index (κ3) is 4.50. The third-order valence-electron chi connectivity index (χ3n) is 3.53. The van der Waals surface area contributed by atoms with Crippen LogP contribution in [-0.4, -0.2) is 30.5 Å². The summed E-state index contributed by atoms with van der Waals surface area (Å²) in [6.45, 7) is 2.58. The molecule has 0 bridgehead atoms. The van der Waals surface area contributed by atoms with Crippen molar-refractivity contribution in [1.82, 2.24) is 24.5 Å². The second-order valence-corrected chi connectivity index (χ2v) is 6.34. The summed E-state index contributed by atoms with van der Waals surface area (Å²) in [6.07, 6.45) is 3.52. The molecule has 0 saturated carbocycles. The van der Waals surface area contributed by atoms with Gasteiger partial charge in [0.15, 0.2) is 0 Å². The van der Waals surface area contributed by atoms with E-state index < -0.39 is 0 Å². The van der Waals surface area contributed by atoms with Crippen molar-refractivity contribution in [2.75, 3.05) is 5.32 Å². The van der Waals surface area contributed by atoms with Gasteiger partial charge in [-0.2, -0.15) is 5.10 Å². The number of nitrogens with zero attached hydrogens (tertiary/aromatic N) is 5. The van der Waals surface area contributed by atoms with Crippen LogP contribution in [0, 0.1) is 12.7 Å². The number of amides is 1. The monoisotopic (exact) mass is 406 g/mol. The Morgan fingerprint density at radius 2 is 2.08 bits per heavy atom. The second-order valence-electron chi connectivity index (χ2n) is 5.48. The highest BCUT2D eigenvalue weighted by Crippen LogP contribution is 2.13. The van der Waals surface area contributed by atoms with Gasteiger partial charge < -0.3 is 0 Å². The normalized spacial score (nSPS) is 10.8. The van der Waals surface area contributed by atoms with Crippen LogP contribution in [0.2, 0.25) is 0 Å². The first-order valence-corrected chi connectivity index (χ1v) is 8.43. The van der Waals surface area contributed by atoms with Gasteiger partial charge in [-0.05, 0) is 28.9 Å². The topological polar surface area (TPSA) is 77.6 Å². The minimum atomic E-state index is -0.302. The maximum absolute atomic E-state index is 13.6. The van der Waals surface area contributed by atoms with Gasteiger partial charge in [-0.15, -0.1) is 5.10 Å². The number of rotatable bonds is 6. The fraction of sp³-hybridized carbons (Fsp3) is 0.250. The molecule has 1 aromatic carbocycles. The Morgan fingerprint density at radius 1 is 1.28 bits per heavy atom. The van der Waals surface area contributed by atoms with Crippen molar-refractivity contribution in [3.05, 3.63) is 58.3 Å². The van der Waals surface area contributed by atoms with Crippen molar-refractivity contribution in [1.29, 1.82) is 0 Å². The van der Waals surface area contributed by atoms with Gasteiger partial charge in [0.05, 0.1) is 16.7 Å². The van der Waals surface area contributed by atoms with Crippen molar-refractivity contribution >= 4 is 27.8 Å². The first kappa shape index (κ1) is 17.3. The van der Waals surface area contributed by atoms with E-state index >= 15 is 0 Å². The summed E-state index contributed by atoms with van der Waals surface area (Å²) in [7, 11) is 0. The van der Waals surface area contributed by atoms with E-state index in [9.17, 15) is 9.18 Å². The van der Waals surface area contributed by atoms with Gasteiger partial charge in [-0.3, -0.25) is 14.8 Å². The third-order valence-corrected chi connectivity index (χ3v) is 4.31. The molecule has 0 unspecified atom stereocenters. The molecule has 0 aliphatic rings. The highest BCUT2D eigenvalue weighted by Gasteiger charge is 2.09. The molecule has 25 heavy (non-hydrogen) atoms. The average molecular weight is 407 g/mol. The predicted molar refractivity (Wildman–Crippen MR) is 93.4 cm³/mol. The van der Waals surface area contributed by atoms with E-state index in [1.165, 1.54) is 17.1 Å². The van der Waals surface area contributed by atoms with Crippen LogP contribution in [0.5, 0.6) is 0 Å². The zero-order valence-corrected chi connectivity index (χ0v) is 15.1. The van der Waals surface area contributed by atoms with Crippen molar-refractivity contribution < 1.29 is 9.18 Å². The van der Waals surface area contributed by atoms with Gasteiger partial charge in [-0.1, -0.05) is 18.2 Å². The maximum Gasteiger partial charge on any atom is 0.248 e. The molecular weight excluding hydrogens is 391 g/mol. The second kappa shape index (κ2) is 7.56. The standard InChI is InChI=1S/C16H16BrFN6O/c1-11-13(17)9-23(21-11)7-6-15(25)20-16-19-10-24(22-16)8-12-4-2-3-5-14(12)18/h2-5,9-10H,6-8H2,1H3,(H,20,22,25). The molecule has 3 aromatic rings. The molecule has 0 fully saturated rings. The summed E-state index contributed by atoms with van der Waals surface area (Å²) in [5.74, 6) is -0.323. The van der Waals surface area contributed by atoms with E-state index in [0.717, 1.165) is 10.2 Å². The quantitative estimate of drug-likeness (QED) is 0.682. The van der Waals surface area contributed by atoms with E-state index in [1.54, 1.807) is 22.9 Å². The van der Waals surface area contributed by atoms with E-state index in [-0.39, 0.29) is 30.6 Å². The Balaban J connectivity index is 1.54. The van der Waals surface area contributed by atoms with Crippen molar-refractivity contribution in [3.63, 3.8) is 0 Å². The first-order chi connectivity index (χ1) is 12.0. The largest absolute Gasteiger partial charge is 0.293 e. The highest BCUT2D eigenvalue weighted by atomic mass is 79.9. The zero-order chi connectivity index (χ0) is 17.8. The number of nitrogens with one attached hydrogen (secondary N) is 1. The van der Waals surface area contributed by atoms with Crippen LogP contribution in [0.25, 0.3) is 0 Å². The number of carbonyl (C=O) groups excluding carboxylic acids is 1. The summed E-state index contributed by atoms with van der Waals surface area (Å²) in [4.78, 5) is 16.0. The van der Waals surface area contributed by atoms with Crippen LogP contribution >= 0.6 is 15.9 Å². The van der Waals surface area contributed by atoms with E-state index in [0.29, 0.717) is 12.1 Å². The molecule has 9 heteroatoms. The minimum Gasteiger partial charge on any atom is -0.293 e. The molecule has 0 atom stereocenters. The molecule has 130 valence electrons. The number of aromatic nitrogens is 5. The molecule has 0 radical (unpaired) electrons. The fourth-order valence-electron chi connectivity index (χ4n) is 2.24. The molecule has 0 saturated heterocycles. The number of hydrogen-bond acceptors (Lipinski definition) is 4. The molecule has 2 heterocycles. The highest BCUT2D eigenvalue weighted by molar-refractivity contribution is 9.10. The van der Waals surface area contributed by atoms with Crippen molar-refractivity contribution in [3.8, 4) is 0 Å². The lowest BCUT2D eigenvalue weighted by molar-refractivity contribution is -0.116. The molecule has 0 spiro atoms. The minimum absolute atomic E-state index is 0.194. The van der Waals surface area contributed by atoms with E-state index in [4.69, 9.17) is 0 Å². The summed E-state index contributed by atoms with van der Waals surface area (Å²) in [5.41, 5.74) is 1.37. The Morgan fingerprint density at radius 3 is 2.80 bits per heavy atom. The van der Waals surface area contributed by atoms with Gasteiger partial charge in [-0.25, -0.2) is 14.1 Å². The first-order valence-electron chi connectivity index (χ1n) is 7.63. The Kier molecular flexibility index (Phi) is 5.22. The number of carbonyl (C=O) groups is 1. The lowest BCUT2D eigenvalue weighted by Crippen LogP contribution is -2.16. The molecule has 3 rings (SSSR count). The number of benzene rings is 1. The Bertz CT molecular complexity index is 871. The maximum atomic E-state index is 13.6. The molecule has 1 amide bonds. The lowest BCUT2D eigenvalue weighted by atomic mass is 10.2. The summed E-state index contributed by atoms with van der Waals surface area (Å²) < 4.78 is 17.7. The number of anilines is 1. The average Bonchev–Trinajstić information content (AvgIpc) is 3.14. The lowest BCUT2D eigenvalue weighted by Gasteiger charge is -2.03. The van der Waals surface area contributed by atoms with E-state index in [2.05, 4.69) is 36.4 Å². The number of aryl methyl sites for hydroxylation is 2. The Hall–Kier alpha value is -2.55.